The van der Waals surface area contributed by atoms with Gasteiger partial charge < -0.3 is 14.1 Å². The Balaban J connectivity index is 1.42. The molecule has 0 saturated heterocycles. The highest BCUT2D eigenvalue weighted by molar-refractivity contribution is 5.91. The van der Waals surface area contributed by atoms with Gasteiger partial charge in [0.2, 0.25) is 0 Å². The molecule has 32 heavy (non-hydrogen) atoms. The standard InChI is InChI=1S/C25H22N2O5/c1-17(19-8-5-9-21(14-19)27(29)30)26(2)25(28)24-13-12-23(32-24)16-31-22-11-10-18-6-3-4-7-20(18)15-22/h3-15,17H,16H2,1-2H3. The first-order valence-electron chi connectivity index (χ1n) is 10.1. The van der Waals surface area contributed by atoms with Crippen LogP contribution in [0.2, 0.25) is 0 Å². The molecule has 0 aliphatic heterocycles. The van der Waals surface area contributed by atoms with Crippen molar-refractivity contribution in [2.24, 2.45) is 0 Å². The Morgan fingerprint density at radius 3 is 2.59 bits per heavy atom. The Kier molecular flexibility index (Phi) is 5.89. The lowest BCUT2D eigenvalue weighted by molar-refractivity contribution is -0.384. The summed E-state index contributed by atoms with van der Waals surface area (Å²) in [7, 11) is 1.64. The lowest BCUT2D eigenvalue weighted by Gasteiger charge is -2.24. The Morgan fingerprint density at radius 2 is 1.81 bits per heavy atom. The van der Waals surface area contributed by atoms with Gasteiger partial charge in [-0.1, -0.05) is 42.5 Å². The van der Waals surface area contributed by atoms with Crippen LogP contribution in [-0.4, -0.2) is 22.8 Å². The van der Waals surface area contributed by atoms with Crippen LogP contribution in [-0.2, 0) is 6.61 Å². The highest BCUT2D eigenvalue weighted by atomic mass is 16.6. The molecule has 4 rings (SSSR count). The molecule has 0 aliphatic rings. The van der Waals surface area contributed by atoms with E-state index in [1.165, 1.54) is 17.0 Å². The normalized spacial score (nSPS) is 11.8. The first kappa shape index (κ1) is 21.1. The van der Waals surface area contributed by atoms with E-state index in [1.54, 1.807) is 31.3 Å². The van der Waals surface area contributed by atoms with E-state index in [2.05, 4.69) is 0 Å². The number of rotatable bonds is 7. The van der Waals surface area contributed by atoms with Crippen molar-refractivity contribution >= 4 is 22.4 Å². The number of nitro benzene ring substituents is 1. The van der Waals surface area contributed by atoms with Crippen LogP contribution < -0.4 is 4.74 Å². The quantitative estimate of drug-likeness (QED) is 0.275. The number of ether oxygens (including phenoxy) is 1. The fraction of sp³-hybridized carbons (Fsp3) is 0.160. The molecule has 7 nitrogen and oxygen atoms in total. The maximum atomic E-state index is 12.9. The maximum absolute atomic E-state index is 12.9. The third-order valence-corrected chi connectivity index (χ3v) is 5.44. The number of carbonyl (C=O) groups is 1. The minimum absolute atomic E-state index is 0.0127. The number of nitrogens with zero attached hydrogens (tertiary/aromatic N) is 2. The number of fused-ring (bicyclic) bond motifs is 1. The number of carbonyl (C=O) groups excluding carboxylic acids is 1. The fourth-order valence-corrected chi connectivity index (χ4v) is 3.45. The minimum atomic E-state index is -0.452. The predicted octanol–water partition coefficient (Wildman–Crippen LogP) is 5.75. The molecule has 0 fully saturated rings. The average Bonchev–Trinajstić information content (AvgIpc) is 3.30. The second-order valence-corrected chi connectivity index (χ2v) is 7.51. The van der Waals surface area contributed by atoms with Crippen molar-refractivity contribution < 1.29 is 18.9 Å². The van der Waals surface area contributed by atoms with E-state index in [-0.39, 0.29) is 30.0 Å². The highest BCUT2D eigenvalue weighted by Gasteiger charge is 2.23. The largest absolute Gasteiger partial charge is 0.486 e. The zero-order valence-corrected chi connectivity index (χ0v) is 17.7. The third-order valence-electron chi connectivity index (χ3n) is 5.44. The molecular formula is C25H22N2O5. The first-order chi connectivity index (χ1) is 15.4. The smallest absolute Gasteiger partial charge is 0.289 e. The van der Waals surface area contributed by atoms with Crippen molar-refractivity contribution in [3.8, 4) is 5.75 Å². The zero-order valence-electron chi connectivity index (χ0n) is 17.7. The van der Waals surface area contributed by atoms with Crippen LogP contribution in [0.15, 0.2) is 83.3 Å². The summed E-state index contributed by atoms with van der Waals surface area (Å²) >= 11 is 0. The molecule has 0 N–H and O–H groups in total. The fourth-order valence-electron chi connectivity index (χ4n) is 3.45. The molecule has 3 aromatic carbocycles. The highest BCUT2D eigenvalue weighted by Crippen LogP contribution is 2.25. The monoisotopic (exact) mass is 430 g/mol. The van der Waals surface area contributed by atoms with E-state index in [9.17, 15) is 14.9 Å². The molecule has 0 bridgehead atoms. The molecule has 1 atom stereocenters. The molecule has 0 spiro atoms. The molecule has 1 unspecified atom stereocenters. The van der Waals surface area contributed by atoms with Crippen LogP contribution >= 0.6 is 0 Å². The van der Waals surface area contributed by atoms with Crippen molar-refractivity contribution in [2.45, 2.75) is 19.6 Å². The molecule has 7 heteroatoms. The second kappa shape index (κ2) is 8.93. The molecule has 1 amide bonds. The number of non-ortho nitro benzene ring substituents is 1. The van der Waals surface area contributed by atoms with Crippen LogP contribution in [0.1, 0.15) is 34.8 Å². The Labute approximate surface area is 185 Å². The first-order valence-corrected chi connectivity index (χ1v) is 10.1. The molecular weight excluding hydrogens is 408 g/mol. The van der Waals surface area contributed by atoms with Crippen LogP contribution in [0.5, 0.6) is 5.75 Å². The van der Waals surface area contributed by atoms with Gasteiger partial charge in [-0.05, 0) is 47.5 Å². The van der Waals surface area contributed by atoms with Crippen molar-refractivity contribution in [2.75, 3.05) is 7.05 Å². The molecule has 1 heterocycles. The van der Waals surface area contributed by atoms with Gasteiger partial charge in [-0.2, -0.15) is 0 Å². The van der Waals surface area contributed by atoms with Crippen molar-refractivity contribution in [3.05, 3.63) is 106 Å². The lowest BCUT2D eigenvalue weighted by Crippen LogP contribution is -2.29. The van der Waals surface area contributed by atoms with Gasteiger partial charge in [-0.15, -0.1) is 0 Å². The van der Waals surface area contributed by atoms with Gasteiger partial charge >= 0.3 is 0 Å². The topological polar surface area (TPSA) is 85.8 Å². The maximum Gasteiger partial charge on any atom is 0.289 e. The molecule has 1 aromatic heterocycles. The van der Waals surface area contributed by atoms with E-state index in [0.29, 0.717) is 17.1 Å². The number of hydrogen-bond donors (Lipinski definition) is 0. The van der Waals surface area contributed by atoms with Gasteiger partial charge in [-0.3, -0.25) is 14.9 Å². The summed E-state index contributed by atoms with van der Waals surface area (Å²) in [5.41, 5.74) is 0.655. The van der Waals surface area contributed by atoms with Gasteiger partial charge in [0.1, 0.15) is 18.1 Å². The number of hydrogen-bond acceptors (Lipinski definition) is 5. The number of benzene rings is 3. The zero-order chi connectivity index (χ0) is 22.7. The van der Waals surface area contributed by atoms with E-state index in [1.807, 2.05) is 49.4 Å². The van der Waals surface area contributed by atoms with Gasteiger partial charge in [0.05, 0.1) is 11.0 Å². The van der Waals surface area contributed by atoms with Crippen molar-refractivity contribution in [1.82, 2.24) is 4.90 Å². The van der Waals surface area contributed by atoms with Crippen molar-refractivity contribution in [1.29, 1.82) is 0 Å². The summed E-state index contributed by atoms with van der Waals surface area (Å²) in [5.74, 6) is 1.10. The van der Waals surface area contributed by atoms with Gasteiger partial charge in [0, 0.05) is 19.2 Å². The number of nitro groups is 1. The Morgan fingerprint density at radius 1 is 1.03 bits per heavy atom. The summed E-state index contributed by atoms with van der Waals surface area (Å²) in [5, 5.41) is 13.2. The minimum Gasteiger partial charge on any atom is -0.486 e. The predicted molar refractivity (Wildman–Crippen MR) is 121 cm³/mol. The summed E-state index contributed by atoms with van der Waals surface area (Å²) in [6.45, 7) is 2.00. The molecule has 0 aliphatic carbocycles. The van der Waals surface area contributed by atoms with Crippen LogP contribution in [0.4, 0.5) is 5.69 Å². The van der Waals surface area contributed by atoms with Crippen molar-refractivity contribution in [3.63, 3.8) is 0 Å². The van der Waals surface area contributed by atoms with Gasteiger partial charge in [0.25, 0.3) is 11.6 Å². The van der Waals surface area contributed by atoms with Crippen LogP contribution in [0, 0.1) is 10.1 Å². The van der Waals surface area contributed by atoms with E-state index >= 15 is 0 Å². The lowest BCUT2D eigenvalue weighted by atomic mass is 10.1. The number of furan rings is 1. The summed E-state index contributed by atoms with van der Waals surface area (Å²) < 4.78 is 11.5. The average molecular weight is 430 g/mol. The molecule has 0 radical (unpaired) electrons. The SMILES string of the molecule is CC(c1cccc([N+](=O)[O-])c1)N(C)C(=O)c1ccc(COc2ccc3ccccc3c2)o1. The number of amides is 1. The Bertz CT molecular complexity index is 1280. The Hall–Kier alpha value is -4.13. The second-order valence-electron chi connectivity index (χ2n) is 7.51. The molecule has 0 saturated carbocycles. The van der Waals surface area contributed by atoms with Gasteiger partial charge in [-0.25, -0.2) is 0 Å². The van der Waals surface area contributed by atoms with Gasteiger partial charge in [0.15, 0.2) is 5.76 Å². The summed E-state index contributed by atoms with van der Waals surface area (Å²) in [6.07, 6.45) is 0. The van der Waals surface area contributed by atoms with E-state index in [4.69, 9.17) is 9.15 Å². The summed E-state index contributed by atoms with van der Waals surface area (Å²) in [6, 6.07) is 23.1. The van der Waals surface area contributed by atoms with E-state index < -0.39 is 4.92 Å². The van der Waals surface area contributed by atoms with Crippen LogP contribution in [0.3, 0.4) is 0 Å². The third kappa shape index (κ3) is 4.46. The molecule has 162 valence electrons. The molecule has 4 aromatic rings. The van der Waals surface area contributed by atoms with Crippen LogP contribution in [0.25, 0.3) is 10.8 Å². The summed E-state index contributed by atoms with van der Waals surface area (Å²) in [4.78, 5) is 24.9. The van der Waals surface area contributed by atoms with E-state index in [0.717, 1.165) is 10.8 Å².